The van der Waals surface area contributed by atoms with Crippen LogP contribution in [-0.2, 0) is 10.9 Å². The van der Waals surface area contributed by atoms with E-state index >= 15 is 0 Å². The fraction of sp³-hybridized carbons (Fsp3) is 0.308. The van der Waals surface area contributed by atoms with E-state index in [1.54, 1.807) is 7.11 Å². The third-order valence-electron chi connectivity index (χ3n) is 2.70. The highest BCUT2D eigenvalue weighted by atomic mass is 35.5. The van der Waals surface area contributed by atoms with Crippen molar-refractivity contribution in [2.24, 2.45) is 0 Å². The molecule has 0 atom stereocenters. The predicted octanol–water partition coefficient (Wildman–Crippen LogP) is 3.35. The maximum atomic E-state index is 12.7. The Bertz CT molecular complexity index is 668. The van der Waals surface area contributed by atoms with Crippen LogP contribution in [0.5, 0.6) is 0 Å². The molecule has 0 aliphatic rings. The normalized spacial score (nSPS) is 11.3. The molecule has 0 aliphatic carbocycles. The Morgan fingerprint density at radius 1 is 1.30 bits per heavy atom. The highest BCUT2D eigenvalue weighted by Crippen LogP contribution is 2.34. The van der Waals surface area contributed by atoms with Crippen LogP contribution < -0.4 is 10.6 Å². The molecular weight excluding hydrogens is 335 g/mol. The number of nitrogens with one attached hydrogen (secondary N) is 2. The van der Waals surface area contributed by atoms with Crippen molar-refractivity contribution < 1.29 is 17.9 Å². The van der Waals surface area contributed by atoms with Crippen molar-refractivity contribution in [1.82, 2.24) is 15.2 Å². The molecule has 0 saturated carbocycles. The summed E-state index contributed by atoms with van der Waals surface area (Å²) in [5, 5.41) is 13.2. The predicted molar refractivity (Wildman–Crippen MR) is 79.9 cm³/mol. The monoisotopic (exact) mass is 347 g/mol. The number of alkyl halides is 3. The Balaban J connectivity index is 2.17. The first-order chi connectivity index (χ1) is 10.9. The Labute approximate surface area is 135 Å². The third kappa shape index (κ3) is 4.93. The van der Waals surface area contributed by atoms with Gasteiger partial charge >= 0.3 is 6.18 Å². The molecule has 0 aliphatic heterocycles. The van der Waals surface area contributed by atoms with E-state index in [9.17, 15) is 13.2 Å². The van der Waals surface area contributed by atoms with Crippen molar-refractivity contribution in [3.63, 3.8) is 0 Å². The molecule has 2 aromatic rings. The maximum Gasteiger partial charge on any atom is 0.416 e. The van der Waals surface area contributed by atoms with Crippen molar-refractivity contribution >= 4 is 29.1 Å². The molecule has 1 aromatic carbocycles. The maximum absolute atomic E-state index is 12.7. The Morgan fingerprint density at radius 3 is 2.78 bits per heavy atom. The Hall–Kier alpha value is -2.13. The zero-order chi connectivity index (χ0) is 16.9. The lowest BCUT2D eigenvalue weighted by molar-refractivity contribution is -0.137. The van der Waals surface area contributed by atoms with Gasteiger partial charge in [-0.1, -0.05) is 11.6 Å². The number of methoxy groups -OCH3 is 1. The molecule has 6 nitrogen and oxygen atoms in total. The molecule has 1 heterocycles. The lowest BCUT2D eigenvalue weighted by Gasteiger charge is -2.12. The van der Waals surface area contributed by atoms with Gasteiger partial charge in [0.1, 0.15) is 0 Å². The van der Waals surface area contributed by atoms with Gasteiger partial charge in [0.2, 0.25) is 5.95 Å². The van der Waals surface area contributed by atoms with Crippen molar-refractivity contribution in [3.8, 4) is 0 Å². The second kappa shape index (κ2) is 7.42. The van der Waals surface area contributed by atoms with E-state index in [4.69, 9.17) is 16.3 Å². The number of hydrogen-bond donors (Lipinski definition) is 2. The van der Waals surface area contributed by atoms with E-state index in [1.165, 1.54) is 12.3 Å². The van der Waals surface area contributed by atoms with Crippen LogP contribution in [0.15, 0.2) is 24.4 Å². The Morgan fingerprint density at radius 2 is 2.09 bits per heavy atom. The first-order valence-corrected chi connectivity index (χ1v) is 6.84. The van der Waals surface area contributed by atoms with E-state index in [1.807, 2.05) is 0 Å². The summed E-state index contributed by atoms with van der Waals surface area (Å²) < 4.78 is 43.1. The van der Waals surface area contributed by atoms with E-state index in [0.717, 1.165) is 12.1 Å². The molecule has 124 valence electrons. The van der Waals surface area contributed by atoms with Gasteiger partial charge in [0.15, 0.2) is 5.82 Å². The molecule has 23 heavy (non-hydrogen) atoms. The fourth-order valence-electron chi connectivity index (χ4n) is 1.64. The van der Waals surface area contributed by atoms with Crippen molar-refractivity contribution in [2.45, 2.75) is 6.18 Å². The second-order valence-corrected chi connectivity index (χ2v) is 4.81. The van der Waals surface area contributed by atoms with Crippen LogP contribution in [0.1, 0.15) is 5.56 Å². The SMILES string of the molecule is COCCNc1nncc(Nc2cc(C(F)(F)F)ccc2Cl)n1. The average molecular weight is 348 g/mol. The molecule has 0 saturated heterocycles. The van der Waals surface area contributed by atoms with Gasteiger partial charge in [0, 0.05) is 13.7 Å². The van der Waals surface area contributed by atoms with Crippen molar-refractivity contribution in [2.75, 3.05) is 30.9 Å². The largest absolute Gasteiger partial charge is 0.416 e. The summed E-state index contributed by atoms with van der Waals surface area (Å²) in [6.07, 6.45) is -3.18. The molecule has 0 unspecified atom stereocenters. The van der Waals surface area contributed by atoms with Gasteiger partial charge in [0.25, 0.3) is 0 Å². The van der Waals surface area contributed by atoms with Gasteiger partial charge < -0.3 is 15.4 Å². The van der Waals surface area contributed by atoms with Crippen molar-refractivity contribution in [1.29, 1.82) is 0 Å². The summed E-state index contributed by atoms with van der Waals surface area (Å²) in [4.78, 5) is 4.08. The van der Waals surface area contributed by atoms with Crippen LogP contribution in [0.2, 0.25) is 5.02 Å². The number of rotatable bonds is 6. The molecule has 1 aromatic heterocycles. The van der Waals surface area contributed by atoms with E-state index < -0.39 is 11.7 Å². The fourth-order valence-corrected chi connectivity index (χ4v) is 1.80. The summed E-state index contributed by atoms with van der Waals surface area (Å²) >= 11 is 5.91. The summed E-state index contributed by atoms with van der Waals surface area (Å²) in [7, 11) is 1.55. The molecule has 2 rings (SSSR count). The average Bonchev–Trinajstić information content (AvgIpc) is 2.49. The van der Waals surface area contributed by atoms with Crippen LogP contribution >= 0.6 is 11.6 Å². The highest BCUT2D eigenvalue weighted by molar-refractivity contribution is 6.33. The van der Waals surface area contributed by atoms with Crippen LogP contribution in [-0.4, -0.2) is 35.4 Å². The minimum Gasteiger partial charge on any atom is -0.383 e. The zero-order valence-electron chi connectivity index (χ0n) is 12.0. The topological polar surface area (TPSA) is 72.0 Å². The number of ether oxygens (including phenoxy) is 1. The number of benzene rings is 1. The molecule has 0 spiro atoms. The molecular formula is C13H13ClF3N5O. The van der Waals surface area contributed by atoms with Gasteiger partial charge in [-0.05, 0) is 18.2 Å². The van der Waals surface area contributed by atoms with Crippen LogP contribution in [0.4, 0.5) is 30.6 Å². The van der Waals surface area contributed by atoms with Crippen LogP contribution in [0.3, 0.4) is 0 Å². The second-order valence-electron chi connectivity index (χ2n) is 4.40. The van der Waals surface area contributed by atoms with Gasteiger partial charge in [-0.3, -0.25) is 0 Å². The number of nitrogens with zero attached hydrogens (tertiary/aromatic N) is 3. The number of hydrogen-bond acceptors (Lipinski definition) is 6. The highest BCUT2D eigenvalue weighted by Gasteiger charge is 2.31. The van der Waals surface area contributed by atoms with E-state index in [-0.39, 0.29) is 22.5 Å². The van der Waals surface area contributed by atoms with Crippen LogP contribution in [0.25, 0.3) is 0 Å². The van der Waals surface area contributed by atoms with Gasteiger partial charge in [0.05, 0.1) is 29.1 Å². The molecule has 0 radical (unpaired) electrons. The number of anilines is 3. The molecule has 0 bridgehead atoms. The number of aromatic nitrogens is 3. The summed E-state index contributed by atoms with van der Waals surface area (Å²) in [5.41, 5.74) is -0.741. The minimum atomic E-state index is -4.46. The summed E-state index contributed by atoms with van der Waals surface area (Å²) in [5.74, 6) is 0.427. The third-order valence-corrected chi connectivity index (χ3v) is 3.03. The lowest BCUT2D eigenvalue weighted by atomic mass is 10.2. The Kier molecular flexibility index (Phi) is 5.56. The van der Waals surface area contributed by atoms with E-state index in [0.29, 0.717) is 13.2 Å². The standard InChI is InChI=1S/C13H13ClF3N5O/c1-23-5-4-18-12-21-11(7-19-22-12)20-10-6-8(13(15,16)17)2-3-9(10)14/h2-3,6-7H,4-5H2,1H3,(H2,18,20,21,22). The lowest BCUT2D eigenvalue weighted by Crippen LogP contribution is -2.11. The number of halogens is 4. The molecule has 0 amide bonds. The summed E-state index contributed by atoms with van der Waals surface area (Å²) in [6.45, 7) is 0.909. The first-order valence-electron chi connectivity index (χ1n) is 6.46. The van der Waals surface area contributed by atoms with Gasteiger partial charge in [-0.2, -0.15) is 23.3 Å². The zero-order valence-corrected chi connectivity index (χ0v) is 12.7. The smallest absolute Gasteiger partial charge is 0.383 e. The summed E-state index contributed by atoms with van der Waals surface area (Å²) in [6, 6.07) is 2.98. The molecule has 2 N–H and O–H groups in total. The first kappa shape index (κ1) is 17.2. The van der Waals surface area contributed by atoms with Gasteiger partial charge in [-0.25, -0.2) is 0 Å². The molecule has 10 heteroatoms. The van der Waals surface area contributed by atoms with Crippen molar-refractivity contribution in [3.05, 3.63) is 35.0 Å². The van der Waals surface area contributed by atoms with Crippen LogP contribution in [0, 0.1) is 0 Å². The minimum absolute atomic E-state index is 0.0739. The quantitative estimate of drug-likeness (QED) is 0.781. The molecule has 0 fully saturated rings. The van der Waals surface area contributed by atoms with E-state index in [2.05, 4.69) is 25.8 Å². The van der Waals surface area contributed by atoms with Gasteiger partial charge in [-0.15, -0.1) is 5.10 Å².